The fraction of sp³-hybridized carbons (Fsp3) is 0.130. The van der Waals surface area contributed by atoms with Crippen molar-refractivity contribution < 1.29 is 24.5 Å². The second-order valence-electron chi connectivity index (χ2n) is 6.70. The number of ether oxygens (including phenoxy) is 1. The molecule has 0 radical (unpaired) electrons. The van der Waals surface area contributed by atoms with Gasteiger partial charge in [-0.05, 0) is 29.3 Å². The maximum atomic E-state index is 13.4. The number of carbonyl (C=O) groups excluding carboxylic acids is 2. The summed E-state index contributed by atoms with van der Waals surface area (Å²) in [6.07, 6.45) is 0.0903. The van der Waals surface area contributed by atoms with Crippen molar-refractivity contribution in [2.75, 3.05) is 7.11 Å². The van der Waals surface area contributed by atoms with Crippen molar-refractivity contribution in [3.8, 4) is 17.2 Å². The van der Waals surface area contributed by atoms with Crippen molar-refractivity contribution in [2.45, 2.75) is 12.3 Å². The molecule has 0 heterocycles. The topological polar surface area (TPSA) is 83.8 Å². The van der Waals surface area contributed by atoms with Crippen molar-refractivity contribution >= 4 is 11.6 Å². The summed E-state index contributed by atoms with van der Waals surface area (Å²) in [5.41, 5.74) is 1.76. The lowest BCUT2D eigenvalue weighted by atomic mass is 9.74. The monoisotopic (exact) mass is 374 g/mol. The smallest absolute Gasteiger partial charge is 0.201 e. The van der Waals surface area contributed by atoms with Gasteiger partial charge in [0.15, 0.2) is 0 Å². The van der Waals surface area contributed by atoms with Gasteiger partial charge in [-0.1, -0.05) is 42.5 Å². The van der Waals surface area contributed by atoms with E-state index < -0.39 is 11.7 Å². The summed E-state index contributed by atoms with van der Waals surface area (Å²) in [6, 6.07) is 16.6. The van der Waals surface area contributed by atoms with Gasteiger partial charge in [-0.2, -0.15) is 0 Å². The quantitative estimate of drug-likeness (QED) is 0.729. The Labute approximate surface area is 161 Å². The minimum atomic E-state index is -0.771. The molecule has 0 amide bonds. The number of phenols is 2. The van der Waals surface area contributed by atoms with Crippen LogP contribution in [0.5, 0.6) is 17.2 Å². The second-order valence-corrected chi connectivity index (χ2v) is 6.70. The summed E-state index contributed by atoms with van der Waals surface area (Å²) in [6.45, 7) is 0. The van der Waals surface area contributed by atoms with Gasteiger partial charge in [-0.25, -0.2) is 0 Å². The number of hydrogen-bond acceptors (Lipinski definition) is 5. The van der Waals surface area contributed by atoms with Gasteiger partial charge in [0.1, 0.15) is 23.0 Å². The molecule has 0 spiro atoms. The van der Waals surface area contributed by atoms with Gasteiger partial charge in [-0.15, -0.1) is 0 Å². The number of carbonyl (C=O) groups is 2. The third-order valence-corrected chi connectivity index (χ3v) is 5.10. The van der Waals surface area contributed by atoms with E-state index in [0.717, 1.165) is 5.56 Å². The highest BCUT2D eigenvalue weighted by atomic mass is 16.5. The third kappa shape index (κ3) is 2.72. The predicted octanol–water partition coefficient (Wildman–Crippen LogP) is 3.59. The lowest BCUT2D eigenvalue weighted by molar-refractivity contribution is -0.119. The van der Waals surface area contributed by atoms with Crippen LogP contribution in [0.3, 0.4) is 0 Å². The number of aromatic hydroxyl groups is 2. The molecule has 0 fully saturated rings. The van der Waals surface area contributed by atoms with Crippen LogP contribution in [-0.2, 0) is 11.2 Å². The first-order valence-electron chi connectivity index (χ1n) is 8.86. The minimum absolute atomic E-state index is 0.0647. The number of phenolic OH excluding ortho intramolecular Hbond substituents is 2. The van der Waals surface area contributed by atoms with Crippen LogP contribution >= 0.6 is 0 Å². The predicted molar refractivity (Wildman–Crippen MR) is 103 cm³/mol. The number of hydrogen-bond donors (Lipinski definition) is 2. The Kier molecular flexibility index (Phi) is 4.35. The van der Waals surface area contributed by atoms with Crippen LogP contribution < -0.4 is 4.74 Å². The Balaban J connectivity index is 1.87. The lowest BCUT2D eigenvalue weighted by Gasteiger charge is -2.27. The molecule has 0 aliphatic heterocycles. The molecule has 1 aliphatic carbocycles. The zero-order chi connectivity index (χ0) is 19.8. The SMILES string of the molecule is COc1ccccc1CC(=O)C1c2cccc(O)c2C(=O)c2c(O)cccc21. The van der Waals surface area contributed by atoms with E-state index in [-0.39, 0.29) is 34.8 Å². The summed E-state index contributed by atoms with van der Waals surface area (Å²) < 4.78 is 5.34. The Morgan fingerprint density at radius 1 is 0.893 bits per heavy atom. The molecule has 0 saturated carbocycles. The normalized spacial score (nSPS) is 13.0. The first kappa shape index (κ1) is 17.8. The van der Waals surface area contributed by atoms with Gasteiger partial charge in [0.05, 0.1) is 24.2 Å². The van der Waals surface area contributed by atoms with Crippen molar-refractivity contribution in [3.05, 3.63) is 88.5 Å². The Morgan fingerprint density at radius 3 is 2.04 bits per heavy atom. The van der Waals surface area contributed by atoms with Crippen molar-refractivity contribution in [1.82, 2.24) is 0 Å². The van der Waals surface area contributed by atoms with E-state index in [1.807, 2.05) is 18.2 Å². The third-order valence-electron chi connectivity index (χ3n) is 5.10. The van der Waals surface area contributed by atoms with E-state index in [4.69, 9.17) is 4.74 Å². The Hall–Kier alpha value is -3.60. The van der Waals surface area contributed by atoms with Crippen LogP contribution in [0.25, 0.3) is 0 Å². The van der Waals surface area contributed by atoms with Crippen LogP contribution in [0.1, 0.15) is 38.5 Å². The Bertz CT molecular complexity index is 1040. The van der Waals surface area contributed by atoms with Gasteiger partial charge < -0.3 is 14.9 Å². The van der Waals surface area contributed by atoms with Crippen LogP contribution in [-0.4, -0.2) is 28.9 Å². The average molecular weight is 374 g/mol. The molecule has 2 N–H and O–H groups in total. The van der Waals surface area contributed by atoms with Crippen molar-refractivity contribution in [3.63, 3.8) is 0 Å². The number of para-hydroxylation sites is 1. The summed E-state index contributed by atoms with van der Waals surface area (Å²) in [5.74, 6) is -1.21. The molecule has 28 heavy (non-hydrogen) atoms. The summed E-state index contributed by atoms with van der Waals surface area (Å²) >= 11 is 0. The number of rotatable bonds is 4. The van der Waals surface area contributed by atoms with E-state index in [2.05, 4.69) is 0 Å². The molecule has 140 valence electrons. The number of Topliss-reactive ketones (excluding diaryl/α,β-unsaturated/α-hetero) is 1. The molecule has 0 atom stereocenters. The van der Waals surface area contributed by atoms with Crippen LogP contribution in [0.15, 0.2) is 60.7 Å². The molecule has 1 aliphatic rings. The van der Waals surface area contributed by atoms with Gasteiger partial charge in [0.25, 0.3) is 0 Å². The first-order valence-corrected chi connectivity index (χ1v) is 8.86. The zero-order valence-electron chi connectivity index (χ0n) is 15.2. The minimum Gasteiger partial charge on any atom is -0.507 e. The highest BCUT2D eigenvalue weighted by Gasteiger charge is 2.38. The van der Waals surface area contributed by atoms with Crippen LogP contribution in [0, 0.1) is 0 Å². The highest BCUT2D eigenvalue weighted by molar-refractivity contribution is 6.18. The van der Waals surface area contributed by atoms with E-state index in [1.54, 1.807) is 37.4 Å². The van der Waals surface area contributed by atoms with Gasteiger partial charge in [0, 0.05) is 12.0 Å². The molecule has 5 heteroatoms. The molecule has 0 saturated heterocycles. The molecular formula is C23H18O5. The summed E-state index contributed by atoms with van der Waals surface area (Å²) in [5, 5.41) is 20.6. The molecule has 3 aromatic carbocycles. The van der Waals surface area contributed by atoms with Gasteiger partial charge in [-0.3, -0.25) is 9.59 Å². The molecule has 3 aromatic rings. The fourth-order valence-corrected chi connectivity index (χ4v) is 3.87. The maximum absolute atomic E-state index is 13.4. The maximum Gasteiger partial charge on any atom is 0.201 e. The molecule has 0 unspecified atom stereocenters. The van der Waals surface area contributed by atoms with E-state index in [1.165, 1.54) is 12.1 Å². The summed E-state index contributed by atoms with van der Waals surface area (Å²) in [4.78, 5) is 26.3. The molecule has 5 nitrogen and oxygen atoms in total. The van der Waals surface area contributed by atoms with Crippen LogP contribution in [0.2, 0.25) is 0 Å². The number of ketones is 2. The molecule has 0 bridgehead atoms. The number of methoxy groups -OCH3 is 1. The van der Waals surface area contributed by atoms with E-state index in [0.29, 0.717) is 16.9 Å². The number of benzene rings is 3. The lowest BCUT2D eigenvalue weighted by Crippen LogP contribution is -2.26. The summed E-state index contributed by atoms with van der Waals surface area (Å²) in [7, 11) is 1.54. The molecule has 0 aromatic heterocycles. The highest BCUT2D eigenvalue weighted by Crippen LogP contribution is 2.43. The van der Waals surface area contributed by atoms with Crippen molar-refractivity contribution in [1.29, 1.82) is 0 Å². The first-order chi connectivity index (χ1) is 13.5. The average Bonchev–Trinajstić information content (AvgIpc) is 2.68. The molecular weight excluding hydrogens is 356 g/mol. The standard InChI is InChI=1S/C23H18O5/c1-28-19-11-3-2-6-13(19)12-18(26)20-14-7-4-9-16(24)21(14)23(27)22-15(20)8-5-10-17(22)25/h2-11,20,24-25H,12H2,1H3. The van der Waals surface area contributed by atoms with Gasteiger partial charge in [0.2, 0.25) is 5.78 Å². The Morgan fingerprint density at radius 2 is 1.46 bits per heavy atom. The fourth-order valence-electron chi connectivity index (χ4n) is 3.87. The largest absolute Gasteiger partial charge is 0.507 e. The van der Waals surface area contributed by atoms with E-state index >= 15 is 0 Å². The molecule has 4 rings (SSSR count). The van der Waals surface area contributed by atoms with Crippen LogP contribution in [0.4, 0.5) is 0 Å². The van der Waals surface area contributed by atoms with Crippen molar-refractivity contribution in [2.24, 2.45) is 0 Å². The zero-order valence-corrected chi connectivity index (χ0v) is 15.2. The van der Waals surface area contributed by atoms with Gasteiger partial charge >= 0.3 is 0 Å². The second kappa shape index (κ2) is 6.85. The van der Waals surface area contributed by atoms with E-state index in [9.17, 15) is 19.8 Å². The number of fused-ring (bicyclic) bond motifs is 2.